The molecule has 0 spiro atoms. The first kappa shape index (κ1) is 12.7. The van der Waals surface area contributed by atoms with Gasteiger partial charge in [-0.05, 0) is 26.2 Å². The van der Waals surface area contributed by atoms with E-state index in [2.05, 4.69) is 11.9 Å². The monoisotopic (exact) mass is 227 g/mol. The Bertz CT molecular complexity index is 296. The first-order valence-corrected chi connectivity index (χ1v) is 5.30. The fraction of sp³-hybridized carbons (Fsp3) is 0.636. The SMILES string of the molecule is C=CCOC(C)C(=O)NC1(C(=O)O)CCC1. The summed E-state index contributed by atoms with van der Waals surface area (Å²) in [6.45, 7) is 5.33. The van der Waals surface area contributed by atoms with Crippen molar-refractivity contribution in [2.45, 2.75) is 37.8 Å². The standard InChI is InChI=1S/C11H17NO4/c1-3-7-16-8(2)9(13)12-11(10(14)15)5-4-6-11/h3,8H,1,4-7H2,2H3,(H,12,13)(H,14,15). The van der Waals surface area contributed by atoms with Crippen molar-refractivity contribution >= 4 is 11.9 Å². The summed E-state index contributed by atoms with van der Waals surface area (Å²) in [5, 5.41) is 11.6. The van der Waals surface area contributed by atoms with Gasteiger partial charge in [-0.1, -0.05) is 6.08 Å². The van der Waals surface area contributed by atoms with E-state index in [4.69, 9.17) is 9.84 Å². The van der Waals surface area contributed by atoms with Crippen LogP contribution >= 0.6 is 0 Å². The second kappa shape index (κ2) is 5.12. The summed E-state index contributed by atoms with van der Waals surface area (Å²) in [6.07, 6.45) is 2.69. The van der Waals surface area contributed by atoms with Gasteiger partial charge >= 0.3 is 5.97 Å². The number of carboxylic acid groups (broad SMARTS) is 1. The minimum atomic E-state index is -1.07. The molecule has 0 aromatic heterocycles. The van der Waals surface area contributed by atoms with Gasteiger partial charge in [0.15, 0.2) is 0 Å². The zero-order chi connectivity index (χ0) is 12.2. The van der Waals surface area contributed by atoms with Crippen LogP contribution in [0.1, 0.15) is 26.2 Å². The Balaban J connectivity index is 2.49. The molecule has 1 aliphatic rings. The van der Waals surface area contributed by atoms with Gasteiger partial charge in [0.1, 0.15) is 11.6 Å². The number of carbonyl (C=O) groups excluding carboxylic acids is 1. The molecule has 5 nitrogen and oxygen atoms in total. The van der Waals surface area contributed by atoms with Gasteiger partial charge in [-0.25, -0.2) is 4.79 Å². The molecule has 0 bridgehead atoms. The Morgan fingerprint density at radius 2 is 2.25 bits per heavy atom. The summed E-state index contributed by atoms with van der Waals surface area (Å²) in [6, 6.07) is 0. The summed E-state index contributed by atoms with van der Waals surface area (Å²) in [7, 11) is 0. The predicted octanol–water partition coefficient (Wildman–Crippen LogP) is 0.701. The van der Waals surface area contributed by atoms with E-state index in [0.717, 1.165) is 6.42 Å². The minimum Gasteiger partial charge on any atom is -0.480 e. The molecule has 5 heteroatoms. The molecule has 1 unspecified atom stereocenters. The number of ether oxygens (including phenoxy) is 1. The van der Waals surface area contributed by atoms with E-state index in [0.29, 0.717) is 12.8 Å². The Morgan fingerprint density at radius 1 is 1.62 bits per heavy atom. The molecule has 1 aliphatic carbocycles. The minimum absolute atomic E-state index is 0.272. The molecule has 1 amide bonds. The first-order valence-electron chi connectivity index (χ1n) is 5.30. The summed E-state index contributed by atoms with van der Waals surface area (Å²) < 4.78 is 5.12. The molecule has 0 aromatic rings. The molecule has 2 N–H and O–H groups in total. The lowest BCUT2D eigenvalue weighted by atomic mass is 9.76. The highest BCUT2D eigenvalue weighted by Gasteiger charge is 2.46. The summed E-state index contributed by atoms with van der Waals surface area (Å²) >= 11 is 0. The van der Waals surface area contributed by atoms with Gasteiger partial charge in [0, 0.05) is 0 Å². The van der Waals surface area contributed by atoms with Crippen molar-refractivity contribution < 1.29 is 19.4 Å². The van der Waals surface area contributed by atoms with Crippen LogP contribution in [0.3, 0.4) is 0 Å². The highest BCUT2D eigenvalue weighted by molar-refractivity contribution is 5.89. The molecule has 1 rings (SSSR count). The van der Waals surface area contributed by atoms with Crippen LogP contribution in [0.4, 0.5) is 0 Å². The maximum Gasteiger partial charge on any atom is 0.329 e. The van der Waals surface area contributed by atoms with Crippen molar-refractivity contribution in [3.8, 4) is 0 Å². The van der Waals surface area contributed by atoms with E-state index in [1.165, 1.54) is 0 Å². The van der Waals surface area contributed by atoms with Gasteiger partial charge in [-0.2, -0.15) is 0 Å². The van der Waals surface area contributed by atoms with Crippen molar-refractivity contribution in [1.82, 2.24) is 5.32 Å². The zero-order valence-corrected chi connectivity index (χ0v) is 9.36. The molecule has 0 aromatic carbocycles. The highest BCUT2D eigenvalue weighted by atomic mass is 16.5. The van der Waals surface area contributed by atoms with Crippen LogP contribution in [0.15, 0.2) is 12.7 Å². The van der Waals surface area contributed by atoms with E-state index in [9.17, 15) is 9.59 Å². The lowest BCUT2D eigenvalue weighted by Crippen LogP contribution is -2.60. The van der Waals surface area contributed by atoms with Gasteiger partial charge in [0.2, 0.25) is 5.91 Å². The fourth-order valence-electron chi connectivity index (χ4n) is 1.55. The van der Waals surface area contributed by atoms with Crippen LogP contribution in [0.2, 0.25) is 0 Å². The second-order valence-corrected chi connectivity index (χ2v) is 3.99. The Morgan fingerprint density at radius 3 is 2.62 bits per heavy atom. The topological polar surface area (TPSA) is 75.6 Å². The maximum atomic E-state index is 11.6. The second-order valence-electron chi connectivity index (χ2n) is 3.99. The van der Waals surface area contributed by atoms with Gasteiger partial charge in [-0.15, -0.1) is 6.58 Å². The van der Waals surface area contributed by atoms with Gasteiger partial charge < -0.3 is 15.2 Å². The third-order valence-electron chi connectivity index (χ3n) is 2.81. The molecule has 90 valence electrons. The van der Waals surface area contributed by atoms with Crippen LogP contribution in [0, 0.1) is 0 Å². The number of carbonyl (C=O) groups is 2. The molecule has 1 saturated carbocycles. The molecule has 1 atom stereocenters. The van der Waals surface area contributed by atoms with Crippen LogP contribution in [0.5, 0.6) is 0 Å². The third-order valence-corrected chi connectivity index (χ3v) is 2.81. The molecule has 16 heavy (non-hydrogen) atoms. The lowest BCUT2D eigenvalue weighted by Gasteiger charge is -2.38. The van der Waals surface area contributed by atoms with Crippen molar-refractivity contribution in [3.05, 3.63) is 12.7 Å². The lowest BCUT2D eigenvalue weighted by molar-refractivity contribution is -0.153. The molecular weight excluding hydrogens is 210 g/mol. The number of carboxylic acids is 1. The van der Waals surface area contributed by atoms with E-state index in [1.807, 2.05) is 0 Å². The van der Waals surface area contributed by atoms with E-state index in [1.54, 1.807) is 13.0 Å². The Hall–Kier alpha value is -1.36. The van der Waals surface area contributed by atoms with Crippen molar-refractivity contribution in [1.29, 1.82) is 0 Å². The van der Waals surface area contributed by atoms with Crippen molar-refractivity contribution in [2.24, 2.45) is 0 Å². The predicted molar refractivity (Wildman–Crippen MR) is 58.0 cm³/mol. The summed E-state index contributed by atoms with van der Waals surface area (Å²) in [5.41, 5.74) is -1.07. The number of hydrogen-bond donors (Lipinski definition) is 2. The van der Waals surface area contributed by atoms with Gasteiger partial charge in [0.05, 0.1) is 6.61 Å². The Labute approximate surface area is 94.5 Å². The number of amides is 1. The van der Waals surface area contributed by atoms with Crippen LogP contribution in [0.25, 0.3) is 0 Å². The number of nitrogens with one attached hydrogen (secondary N) is 1. The molecule has 0 radical (unpaired) electrons. The van der Waals surface area contributed by atoms with E-state index in [-0.39, 0.29) is 12.5 Å². The molecule has 0 saturated heterocycles. The van der Waals surface area contributed by atoms with Crippen LogP contribution in [-0.2, 0) is 14.3 Å². The van der Waals surface area contributed by atoms with Gasteiger partial charge in [-0.3, -0.25) is 4.79 Å². The van der Waals surface area contributed by atoms with Crippen molar-refractivity contribution in [3.63, 3.8) is 0 Å². The first-order chi connectivity index (χ1) is 7.52. The molecular formula is C11H17NO4. The maximum absolute atomic E-state index is 11.6. The largest absolute Gasteiger partial charge is 0.480 e. The molecule has 1 fully saturated rings. The highest BCUT2D eigenvalue weighted by Crippen LogP contribution is 2.32. The average Bonchev–Trinajstić information content (AvgIpc) is 2.18. The van der Waals surface area contributed by atoms with Crippen LogP contribution < -0.4 is 5.32 Å². The van der Waals surface area contributed by atoms with Gasteiger partial charge in [0.25, 0.3) is 0 Å². The Kier molecular flexibility index (Phi) is 4.06. The number of hydrogen-bond acceptors (Lipinski definition) is 3. The summed E-state index contributed by atoms with van der Waals surface area (Å²) in [4.78, 5) is 22.6. The third kappa shape index (κ3) is 2.61. The quantitative estimate of drug-likeness (QED) is 0.655. The van der Waals surface area contributed by atoms with E-state index < -0.39 is 17.6 Å². The van der Waals surface area contributed by atoms with Crippen LogP contribution in [-0.4, -0.2) is 35.2 Å². The molecule has 0 heterocycles. The van der Waals surface area contributed by atoms with Crippen molar-refractivity contribution in [2.75, 3.05) is 6.61 Å². The number of aliphatic carboxylic acids is 1. The normalized spacial score (nSPS) is 19.3. The van der Waals surface area contributed by atoms with E-state index >= 15 is 0 Å². The zero-order valence-electron chi connectivity index (χ0n) is 9.36. The molecule has 0 aliphatic heterocycles. The fourth-order valence-corrected chi connectivity index (χ4v) is 1.55. The number of rotatable bonds is 6. The summed E-state index contributed by atoms with van der Waals surface area (Å²) in [5.74, 6) is -1.35. The average molecular weight is 227 g/mol. The smallest absolute Gasteiger partial charge is 0.329 e.